The average molecular weight is 487 g/mol. The van der Waals surface area contributed by atoms with Crippen LogP contribution in [0.5, 0.6) is 0 Å². The molecule has 0 fully saturated rings. The number of hydrazine groups is 1. The number of primary sulfonamides is 1. The number of aromatic nitrogens is 1. The largest absolute Gasteiger partial charge is 0.270 e. The molecule has 0 aliphatic rings. The Balaban J connectivity index is 1.62. The zero-order valence-electron chi connectivity index (χ0n) is 16.2. The predicted molar refractivity (Wildman–Crippen MR) is 123 cm³/mol. The maximum Gasteiger partial charge on any atom is 0.270 e. The second-order valence-corrected chi connectivity index (χ2v) is 9.77. The van der Waals surface area contributed by atoms with Gasteiger partial charge in [0, 0.05) is 21.4 Å². The molecule has 2 heterocycles. The molecule has 0 unspecified atom stereocenters. The van der Waals surface area contributed by atoms with E-state index in [0.717, 1.165) is 17.4 Å². The van der Waals surface area contributed by atoms with Crippen LogP contribution < -0.4 is 16.0 Å². The monoisotopic (exact) mass is 486 g/mol. The fourth-order valence-electron chi connectivity index (χ4n) is 3.01. The molecule has 0 saturated heterocycles. The normalized spacial score (nSPS) is 11.3. The summed E-state index contributed by atoms with van der Waals surface area (Å²) >= 11 is 7.11. The van der Waals surface area contributed by atoms with E-state index in [4.69, 9.17) is 16.7 Å². The highest BCUT2D eigenvalue weighted by molar-refractivity contribution is 7.91. The van der Waals surface area contributed by atoms with E-state index in [9.17, 15) is 18.0 Å². The number of halogens is 1. The number of pyridine rings is 1. The number of nitrogens with two attached hydrogens (primary N) is 1. The zero-order chi connectivity index (χ0) is 22.9. The van der Waals surface area contributed by atoms with Crippen molar-refractivity contribution in [1.29, 1.82) is 0 Å². The number of hydrogen-bond donors (Lipinski definition) is 3. The molecule has 0 spiro atoms. The molecule has 2 aromatic carbocycles. The third-order valence-electron chi connectivity index (χ3n) is 4.52. The molecular formula is C21H15ClN4O4S2. The lowest BCUT2D eigenvalue weighted by Gasteiger charge is -2.12. The maximum atomic E-state index is 12.9. The molecule has 2 amide bonds. The number of sulfonamides is 1. The van der Waals surface area contributed by atoms with Crippen molar-refractivity contribution in [1.82, 2.24) is 15.8 Å². The van der Waals surface area contributed by atoms with Gasteiger partial charge in [-0.1, -0.05) is 48.0 Å². The highest BCUT2D eigenvalue weighted by atomic mass is 35.5. The molecule has 0 atom stereocenters. The van der Waals surface area contributed by atoms with Crippen molar-refractivity contribution < 1.29 is 18.0 Å². The van der Waals surface area contributed by atoms with Crippen LogP contribution in [-0.2, 0) is 10.0 Å². The maximum absolute atomic E-state index is 12.9. The number of para-hydroxylation sites is 1. The molecule has 162 valence electrons. The van der Waals surface area contributed by atoms with Gasteiger partial charge < -0.3 is 0 Å². The first-order chi connectivity index (χ1) is 15.2. The minimum absolute atomic E-state index is 0.0515. The van der Waals surface area contributed by atoms with Crippen LogP contribution in [-0.4, -0.2) is 25.2 Å². The van der Waals surface area contributed by atoms with Gasteiger partial charge in [-0.05, 0) is 24.3 Å². The van der Waals surface area contributed by atoms with Crippen LogP contribution in [0, 0.1) is 0 Å². The van der Waals surface area contributed by atoms with E-state index >= 15 is 0 Å². The van der Waals surface area contributed by atoms with Gasteiger partial charge in [0.2, 0.25) is 10.0 Å². The van der Waals surface area contributed by atoms with Crippen LogP contribution in [0.15, 0.2) is 70.3 Å². The lowest BCUT2D eigenvalue weighted by molar-refractivity contribution is 0.0848. The number of carbonyl (C=O) groups is 2. The molecule has 8 nitrogen and oxygen atoms in total. The smallest absolute Gasteiger partial charge is 0.267 e. The van der Waals surface area contributed by atoms with Crippen LogP contribution in [0.25, 0.3) is 22.2 Å². The summed E-state index contributed by atoms with van der Waals surface area (Å²) in [5, 5.41) is 7.46. The molecule has 4 N–H and O–H groups in total. The number of carbonyl (C=O) groups excluding carboxylic acids is 2. The molecule has 0 radical (unpaired) electrons. The van der Waals surface area contributed by atoms with E-state index in [2.05, 4.69) is 15.8 Å². The Morgan fingerprint density at radius 1 is 0.969 bits per heavy atom. The molecule has 0 saturated carbocycles. The lowest BCUT2D eigenvalue weighted by Crippen LogP contribution is -2.41. The summed E-state index contributed by atoms with van der Waals surface area (Å²) < 4.78 is 22.6. The van der Waals surface area contributed by atoms with Crippen molar-refractivity contribution in [2.75, 3.05) is 0 Å². The van der Waals surface area contributed by atoms with Crippen molar-refractivity contribution in [3.63, 3.8) is 0 Å². The number of amides is 2. The van der Waals surface area contributed by atoms with Gasteiger partial charge in [-0.25, -0.2) is 18.5 Å². The second-order valence-electron chi connectivity index (χ2n) is 6.66. The molecular weight excluding hydrogens is 472 g/mol. The Morgan fingerprint density at radius 3 is 2.38 bits per heavy atom. The Morgan fingerprint density at radius 2 is 1.66 bits per heavy atom. The summed E-state index contributed by atoms with van der Waals surface area (Å²) in [6.07, 6.45) is 0. The Bertz CT molecular complexity index is 1470. The predicted octanol–water partition coefficient (Wildman–Crippen LogP) is 3.34. The van der Waals surface area contributed by atoms with Crippen LogP contribution in [0.4, 0.5) is 0 Å². The Labute approximate surface area is 192 Å². The summed E-state index contributed by atoms with van der Waals surface area (Å²) in [5.74, 6) is -1.26. The lowest BCUT2D eigenvalue weighted by atomic mass is 10.0. The van der Waals surface area contributed by atoms with Crippen molar-refractivity contribution in [3.8, 4) is 11.3 Å². The van der Waals surface area contributed by atoms with Gasteiger partial charge in [0.05, 0.1) is 22.3 Å². The van der Waals surface area contributed by atoms with Gasteiger partial charge in [-0.15, -0.1) is 11.3 Å². The first-order valence-electron chi connectivity index (χ1n) is 9.11. The number of nitrogens with one attached hydrogen (secondary N) is 2. The first kappa shape index (κ1) is 21.9. The Kier molecular flexibility index (Phi) is 5.94. The minimum Gasteiger partial charge on any atom is -0.267 e. The number of fused-ring (bicyclic) bond motifs is 1. The van der Waals surface area contributed by atoms with Crippen molar-refractivity contribution in [3.05, 3.63) is 82.2 Å². The van der Waals surface area contributed by atoms with Gasteiger partial charge in [0.15, 0.2) is 0 Å². The van der Waals surface area contributed by atoms with Crippen LogP contribution >= 0.6 is 22.9 Å². The van der Waals surface area contributed by atoms with Gasteiger partial charge in [0.25, 0.3) is 11.8 Å². The number of hydrogen-bond acceptors (Lipinski definition) is 6. The summed E-state index contributed by atoms with van der Waals surface area (Å²) in [7, 11) is -3.92. The molecule has 2 aromatic heterocycles. The SMILES string of the molecule is NS(=O)(=O)c1cc(C(=O)NNC(=O)c2cc(-c3ccccc3Cl)nc3ccccc23)cs1. The average Bonchev–Trinajstić information content (AvgIpc) is 3.28. The van der Waals surface area contributed by atoms with Gasteiger partial charge >= 0.3 is 0 Å². The van der Waals surface area contributed by atoms with Crippen LogP contribution in [0.1, 0.15) is 20.7 Å². The number of thiophene rings is 1. The van der Waals surface area contributed by atoms with Crippen molar-refractivity contribution >= 4 is 55.7 Å². The Hall–Kier alpha value is -3.31. The summed E-state index contributed by atoms with van der Waals surface area (Å²) in [6.45, 7) is 0. The summed E-state index contributed by atoms with van der Waals surface area (Å²) in [6, 6.07) is 16.9. The van der Waals surface area contributed by atoms with Crippen LogP contribution in [0.3, 0.4) is 0 Å². The molecule has 32 heavy (non-hydrogen) atoms. The summed E-state index contributed by atoms with van der Waals surface area (Å²) in [5.41, 5.74) is 6.71. The van der Waals surface area contributed by atoms with Gasteiger partial charge in [0.1, 0.15) is 4.21 Å². The van der Waals surface area contributed by atoms with E-state index < -0.39 is 21.8 Å². The van der Waals surface area contributed by atoms with E-state index in [1.54, 1.807) is 48.5 Å². The van der Waals surface area contributed by atoms with Gasteiger partial charge in [-0.3, -0.25) is 20.4 Å². The van der Waals surface area contributed by atoms with E-state index in [1.165, 1.54) is 5.38 Å². The molecule has 4 aromatic rings. The van der Waals surface area contributed by atoms with E-state index in [-0.39, 0.29) is 15.3 Å². The van der Waals surface area contributed by atoms with Gasteiger partial charge in [-0.2, -0.15) is 0 Å². The minimum atomic E-state index is -3.92. The quantitative estimate of drug-likeness (QED) is 0.381. The highest BCUT2D eigenvalue weighted by Crippen LogP contribution is 2.29. The third-order valence-corrected chi connectivity index (χ3v) is 7.23. The zero-order valence-corrected chi connectivity index (χ0v) is 18.6. The van der Waals surface area contributed by atoms with Crippen molar-refractivity contribution in [2.24, 2.45) is 5.14 Å². The third kappa shape index (κ3) is 4.48. The number of rotatable bonds is 4. The molecule has 0 aliphatic heterocycles. The van der Waals surface area contributed by atoms with Crippen molar-refractivity contribution in [2.45, 2.75) is 4.21 Å². The number of benzene rings is 2. The van der Waals surface area contributed by atoms with E-state index in [1.807, 2.05) is 6.07 Å². The second kappa shape index (κ2) is 8.67. The molecule has 4 rings (SSSR count). The van der Waals surface area contributed by atoms with E-state index in [0.29, 0.717) is 27.2 Å². The first-order valence-corrected chi connectivity index (χ1v) is 11.9. The fraction of sp³-hybridized carbons (Fsp3) is 0. The standard InChI is InChI=1S/C21H15ClN4O4S2/c22-16-7-3-1-6-14(16)18-10-15(13-5-2-4-8-17(13)24-18)21(28)26-25-20(27)12-9-19(31-11-12)32(23,29)30/h1-11H,(H,25,27)(H,26,28)(H2,23,29,30). The summed E-state index contributed by atoms with van der Waals surface area (Å²) in [4.78, 5) is 29.9. The topological polar surface area (TPSA) is 131 Å². The highest BCUT2D eigenvalue weighted by Gasteiger charge is 2.18. The molecule has 0 aliphatic carbocycles. The fourth-order valence-corrected chi connectivity index (χ4v) is 4.83. The molecule has 11 heteroatoms. The number of nitrogens with zero attached hydrogens (tertiary/aromatic N) is 1. The van der Waals surface area contributed by atoms with Crippen LogP contribution in [0.2, 0.25) is 5.02 Å². The molecule has 0 bridgehead atoms.